The molecule has 2 heterocycles. The molecule has 0 spiro atoms. The number of rotatable bonds is 7. The highest BCUT2D eigenvalue weighted by atomic mass is 16.5. The number of hydrogen-bond donors (Lipinski definition) is 2. The first-order valence-corrected chi connectivity index (χ1v) is 12.0. The zero-order chi connectivity index (χ0) is 26.9. The molecule has 0 saturated heterocycles. The molecule has 0 bridgehead atoms. The van der Waals surface area contributed by atoms with Crippen LogP contribution in [0.4, 0.5) is 10.5 Å². The van der Waals surface area contributed by atoms with Gasteiger partial charge in [0.2, 0.25) is 5.88 Å². The maximum atomic E-state index is 13.5. The lowest BCUT2D eigenvalue weighted by molar-refractivity contribution is 0.0356. The van der Waals surface area contributed by atoms with Gasteiger partial charge in [0.1, 0.15) is 24.0 Å². The molecule has 0 aliphatic carbocycles. The van der Waals surface area contributed by atoms with E-state index < -0.39 is 12.1 Å². The minimum Gasteiger partial charge on any atom is -0.495 e. The Labute approximate surface area is 217 Å². The fraction of sp³-hybridized carbons (Fsp3) is 0.444. The second-order valence-corrected chi connectivity index (χ2v) is 8.95. The summed E-state index contributed by atoms with van der Waals surface area (Å²) < 4.78 is 16.5. The first kappa shape index (κ1) is 27.8. The SMILES string of the molecule is COCC#Cc1cnc2c(c1)C(=O)N([C@@H](C)CO)C[C@H](C)[C@@H](CN(C)C(=O)Nc1ccccc1OC)O2. The summed E-state index contributed by atoms with van der Waals surface area (Å²) in [6.07, 6.45) is 1.06. The molecule has 0 saturated carbocycles. The van der Waals surface area contributed by atoms with E-state index in [4.69, 9.17) is 14.2 Å². The van der Waals surface area contributed by atoms with E-state index in [0.29, 0.717) is 23.5 Å². The Bertz CT molecular complexity index is 1160. The van der Waals surface area contributed by atoms with Crippen molar-refractivity contribution in [3.63, 3.8) is 0 Å². The number of methoxy groups -OCH3 is 2. The van der Waals surface area contributed by atoms with E-state index in [2.05, 4.69) is 22.1 Å². The second kappa shape index (κ2) is 12.9. The minimum atomic E-state index is -0.480. The van der Waals surface area contributed by atoms with Crippen LogP contribution in [0.15, 0.2) is 36.5 Å². The number of fused-ring (bicyclic) bond motifs is 1. The topological polar surface area (TPSA) is 113 Å². The Balaban J connectivity index is 1.87. The number of carbonyl (C=O) groups is 2. The van der Waals surface area contributed by atoms with Gasteiger partial charge in [-0.05, 0) is 25.1 Å². The average Bonchev–Trinajstić information content (AvgIpc) is 2.90. The number of nitrogens with zero attached hydrogens (tertiary/aromatic N) is 3. The highest BCUT2D eigenvalue weighted by molar-refractivity contribution is 5.97. The maximum Gasteiger partial charge on any atom is 0.321 e. The molecule has 1 aliphatic rings. The van der Waals surface area contributed by atoms with Gasteiger partial charge in [-0.1, -0.05) is 30.9 Å². The van der Waals surface area contributed by atoms with E-state index >= 15 is 0 Å². The zero-order valence-electron chi connectivity index (χ0n) is 21.9. The van der Waals surface area contributed by atoms with Crippen molar-refractivity contribution in [3.05, 3.63) is 47.7 Å². The molecule has 0 radical (unpaired) electrons. The van der Waals surface area contributed by atoms with Gasteiger partial charge in [-0.25, -0.2) is 9.78 Å². The van der Waals surface area contributed by atoms with Crippen LogP contribution in [0, 0.1) is 17.8 Å². The van der Waals surface area contributed by atoms with Crippen LogP contribution < -0.4 is 14.8 Å². The molecule has 37 heavy (non-hydrogen) atoms. The van der Waals surface area contributed by atoms with Crippen molar-refractivity contribution in [1.29, 1.82) is 0 Å². The lowest BCUT2D eigenvalue weighted by atomic mass is 10.00. The van der Waals surface area contributed by atoms with E-state index in [0.717, 1.165) is 0 Å². The van der Waals surface area contributed by atoms with E-state index in [1.54, 1.807) is 44.2 Å². The summed E-state index contributed by atoms with van der Waals surface area (Å²) in [4.78, 5) is 33.9. The van der Waals surface area contributed by atoms with Crippen molar-refractivity contribution < 1.29 is 28.9 Å². The molecule has 0 fully saturated rings. The predicted molar refractivity (Wildman–Crippen MR) is 139 cm³/mol. The number of urea groups is 1. The first-order chi connectivity index (χ1) is 17.8. The van der Waals surface area contributed by atoms with Gasteiger partial charge in [-0.2, -0.15) is 0 Å². The van der Waals surface area contributed by atoms with Crippen LogP contribution in [-0.2, 0) is 4.74 Å². The smallest absolute Gasteiger partial charge is 0.321 e. The van der Waals surface area contributed by atoms with E-state index in [1.165, 1.54) is 18.2 Å². The van der Waals surface area contributed by atoms with Crippen molar-refractivity contribution in [1.82, 2.24) is 14.8 Å². The first-order valence-electron chi connectivity index (χ1n) is 12.0. The Hall–Kier alpha value is -3.81. The summed E-state index contributed by atoms with van der Waals surface area (Å²) in [6, 6.07) is 8.03. The summed E-state index contributed by atoms with van der Waals surface area (Å²) >= 11 is 0. The predicted octanol–water partition coefficient (Wildman–Crippen LogP) is 2.47. The van der Waals surface area contributed by atoms with Gasteiger partial charge in [0.25, 0.3) is 5.91 Å². The number of hydrogen-bond acceptors (Lipinski definition) is 7. The van der Waals surface area contributed by atoms with Crippen molar-refractivity contribution in [2.75, 3.05) is 52.9 Å². The molecular formula is C27H34N4O6. The fourth-order valence-corrected chi connectivity index (χ4v) is 3.91. The van der Waals surface area contributed by atoms with Crippen molar-refractivity contribution >= 4 is 17.6 Å². The lowest BCUT2D eigenvalue weighted by Crippen LogP contribution is -2.50. The Morgan fingerprint density at radius 1 is 1.38 bits per heavy atom. The van der Waals surface area contributed by atoms with Crippen molar-refractivity contribution in [3.8, 4) is 23.5 Å². The molecular weight excluding hydrogens is 476 g/mol. The monoisotopic (exact) mass is 510 g/mol. The van der Waals surface area contributed by atoms with Crippen LogP contribution in [0.1, 0.15) is 29.8 Å². The van der Waals surface area contributed by atoms with Crippen LogP contribution >= 0.6 is 0 Å². The van der Waals surface area contributed by atoms with Gasteiger partial charge in [-0.3, -0.25) is 4.79 Å². The fourth-order valence-electron chi connectivity index (χ4n) is 3.91. The average molecular weight is 511 g/mol. The molecule has 10 heteroatoms. The van der Waals surface area contributed by atoms with Gasteiger partial charge in [-0.15, -0.1) is 0 Å². The third-order valence-electron chi connectivity index (χ3n) is 6.12. The number of ether oxygens (including phenoxy) is 3. The Morgan fingerprint density at radius 3 is 2.84 bits per heavy atom. The molecule has 3 atom stereocenters. The number of likely N-dealkylation sites (N-methyl/N-ethyl adjacent to an activating group) is 1. The summed E-state index contributed by atoms with van der Waals surface area (Å²) in [5.74, 6) is 6.02. The van der Waals surface area contributed by atoms with Crippen LogP contribution in [0.5, 0.6) is 11.6 Å². The van der Waals surface area contributed by atoms with Gasteiger partial charge >= 0.3 is 6.03 Å². The number of amides is 3. The Morgan fingerprint density at radius 2 is 2.14 bits per heavy atom. The number of benzene rings is 1. The van der Waals surface area contributed by atoms with Crippen LogP contribution in [-0.4, -0.2) is 91.5 Å². The Kier molecular flexibility index (Phi) is 9.71. The number of nitrogens with one attached hydrogen (secondary N) is 1. The molecule has 2 aromatic rings. The van der Waals surface area contributed by atoms with Crippen LogP contribution in [0.3, 0.4) is 0 Å². The molecule has 3 rings (SSSR count). The summed E-state index contributed by atoms with van der Waals surface area (Å²) in [5, 5.41) is 12.7. The number of aliphatic hydroxyl groups excluding tert-OH is 1. The van der Waals surface area contributed by atoms with E-state index in [9.17, 15) is 14.7 Å². The van der Waals surface area contributed by atoms with Crippen LogP contribution in [0.2, 0.25) is 0 Å². The second-order valence-electron chi connectivity index (χ2n) is 8.95. The molecule has 1 aliphatic heterocycles. The largest absolute Gasteiger partial charge is 0.495 e. The van der Waals surface area contributed by atoms with Crippen molar-refractivity contribution in [2.45, 2.75) is 26.0 Å². The minimum absolute atomic E-state index is 0.160. The van der Waals surface area contributed by atoms with Gasteiger partial charge in [0.15, 0.2) is 0 Å². The number of anilines is 1. The quantitative estimate of drug-likeness (QED) is 0.550. The molecule has 2 N–H and O–H groups in total. The van der Waals surface area contributed by atoms with E-state index in [1.807, 2.05) is 19.1 Å². The summed E-state index contributed by atoms with van der Waals surface area (Å²) in [7, 11) is 4.76. The molecule has 3 amide bonds. The molecule has 10 nitrogen and oxygen atoms in total. The number of aromatic nitrogens is 1. The third kappa shape index (κ3) is 6.90. The highest BCUT2D eigenvalue weighted by Crippen LogP contribution is 2.28. The van der Waals surface area contributed by atoms with Gasteiger partial charge < -0.3 is 34.4 Å². The van der Waals surface area contributed by atoms with Crippen molar-refractivity contribution in [2.24, 2.45) is 5.92 Å². The third-order valence-corrected chi connectivity index (χ3v) is 6.12. The summed E-state index contributed by atoms with van der Waals surface area (Å²) in [6.45, 7) is 4.33. The zero-order valence-corrected chi connectivity index (χ0v) is 21.9. The molecule has 1 aromatic heterocycles. The van der Waals surface area contributed by atoms with Gasteiger partial charge in [0.05, 0.1) is 32.0 Å². The lowest BCUT2D eigenvalue weighted by Gasteiger charge is -2.37. The number of carbonyl (C=O) groups excluding carboxylic acids is 2. The number of para-hydroxylation sites is 2. The standard InChI is InChI=1S/C27H34N4O6/c1-18-15-31(19(2)17-32)26(33)21-13-20(9-8-12-35-4)14-28-25(21)37-24(18)16-30(3)27(34)29-22-10-6-7-11-23(22)36-5/h6-7,10-11,13-14,18-19,24,32H,12,15-17H2,1-5H3,(H,29,34)/t18-,19-,24+/m0/s1. The van der Waals surface area contributed by atoms with E-state index in [-0.39, 0.29) is 49.1 Å². The van der Waals surface area contributed by atoms with Crippen LogP contribution in [0.25, 0.3) is 0 Å². The summed E-state index contributed by atoms with van der Waals surface area (Å²) in [5.41, 5.74) is 1.35. The number of pyridine rings is 1. The molecule has 0 unspecified atom stereocenters. The number of aliphatic hydroxyl groups is 1. The highest BCUT2D eigenvalue weighted by Gasteiger charge is 2.34. The normalized spacial score (nSPS) is 17.8. The van der Waals surface area contributed by atoms with Gasteiger partial charge in [0, 0.05) is 38.4 Å². The molecule has 198 valence electrons. The maximum absolute atomic E-state index is 13.5. The molecule has 1 aromatic carbocycles.